The van der Waals surface area contributed by atoms with Crippen molar-refractivity contribution in [3.63, 3.8) is 0 Å². The normalized spacial score (nSPS) is 10.5. The molecule has 0 unspecified atom stereocenters. The second-order valence-corrected chi connectivity index (χ2v) is 6.19. The van der Waals surface area contributed by atoms with Crippen LogP contribution in [-0.2, 0) is 13.3 Å². The molecule has 0 aliphatic carbocycles. The highest BCUT2D eigenvalue weighted by Gasteiger charge is 2.42. The van der Waals surface area contributed by atoms with Crippen LogP contribution in [0.25, 0.3) is 0 Å². The summed E-state index contributed by atoms with van der Waals surface area (Å²) in [6.45, 7) is 12.9. The van der Waals surface area contributed by atoms with Gasteiger partial charge in [-0.05, 0) is 27.7 Å². The second kappa shape index (κ2) is 10.9. The molecule has 0 amide bonds. The van der Waals surface area contributed by atoms with Gasteiger partial charge in [-0.25, -0.2) is 0 Å². The van der Waals surface area contributed by atoms with Crippen molar-refractivity contribution in [1.82, 2.24) is 0 Å². The maximum absolute atomic E-state index is 5.79. The first-order chi connectivity index (χ1) is 9.20. The van der Waals surface area contributed by atoms with Crippen molar-refractivity contribution in [3.05, 3.63) is 43.0 Å². The van der Waals surface area contributed by atoms with Gasteiger partial charge in [0.2, 0.25) is 0 Å². The summed E-state index contributed by atoms with van der Waals surface area (Å²) in [6.07, 6.45) is 1.75. The Morgan fingerprint density at radius 3 is 1.63 bits per heavy atom. The highest BCUT2D eigenvalue weighted by molar-refractivity contribution is 6.75. The van der Waals surface area contributed by atoms with Crippen molar-refractivity contribution in [2.24, 2.45) is 0 Å². The van der Waals surface area contributed by atoms with E-state index in [1.165, 1.54) is 0 Å². The molecule has 0 saturated heterocycles. The maximum atomic E-state index is 5.79. The fraction of sp³-hybridized carbons (Fsp3) is 0.467. The summed E-state index contributed by atoms with van der Waals surface area (Å²) < 4.78 is 17.4. The summed E-state index contributed by atoms with van der Waals surface area (Å²) in [5.41, 5.74) is 0. The van der Waals surface area contributed by atoms with Gasteiger partial charge in [0, 0.05) is 25.0 Å². The van der Waals surface area contributed by atoms with E-state index in [0.29, 0.717) is 19.8 Å². The highest BCUT2D eigenvalue weighted by atomic mass is 28.4. The lowest BCUT2D eigenvalue weighted by atomic mass is 10.4. The molecule has 0 fully saturated rings. The summed E-state index contributed by atoms with van der Waals surface area (Å²) in [4.78, 5) is 0. The van der Waals surface area contributed by atoms with Gasteiger partial charge in [0.05, 0.1) is 0 Å². The minimum atomic E-state index is -2.67. The molecule has 0 heterocycles. The molecular formula is C15H26O3Si. The molecule has 3 nitrogen and oxygen atoms in total. The number of benzene rings is 1. The van der Waals surface area contributed by atoms with Crippen LogP contribution in [0.5, 0.6) is 0 Å². The van der Waals surface area contributed by atoms with Crippen molar-refractivity contribution in [3.8, 4) is 0 Å². The number of hydrogen-bond acceptors (Lipinski definition) is 3. The minimum Gasteiger partial charge on any atom is -0.370 e. The zero-order valence-corrected chi connectivity index (χ0v) is 13.5. The molecule has 0 aliphatic rings. The lowest BCUT2D eigenvalue weighted by Gasteiger charge is -2.28. The Bertz CT molecular complexity index is 310. The van der Waals surface area contributed by atoms with Crippen molar-refractivity contribution in [2.75, 3.05) is 19.8 Å². The molecule has 4 heteroatoms. The first-order valence-electron chi connectivity index (χ1n) is 6.75. The van der Waals surface area contributed by atoms with E-state index in [4.69, 9.17) is 13.3 Å². The molecule has 0 aromatic heterocycles. The Kier molecular flexibility index (Phi) is 10.4. The zero-order chi connectivity index (χ0) is 14.6. The maximum Gasteiger partial charge on any atom is 0.537 e. The summed E-state index contributed by atoms with van der Waals surface area (Å²) >= 11 is 0. The van der Waals surface area contributed by atoms with Gasteiger partial charge in [-0.1, -0.05) is 36.4 Å². The van der Waals surface area contributed by atoms with Crippen molar-refractivity contribution in [2.45, 2.75) is 27.7 Å². The standard InChI is InChI=1S/C12H20O3Si.C3H6/c1-4-13-16(14-5-2,15-6-3)12-10-8-7-9-11-12;1-3-2/h7-11H,4-6H2,1-3H3;3H,1H2,2H3. The molecular weight excluding hydrogens is 256 g/mol. The number of rotatable bonds is 7. The van der Waals surface area contributed by atoms with E-state index >= 15 is 0 Å². The van der Waals surface area contributed by atoms with Gasteiger partial charge in [0.25, 0.3) is 0 Å². The topological polar surface area (TPSA) is 27.7 Å². The molecule has 1 aromatic carbocycles. The van der Waals surface area contributed by atoms with Crippen LogP contribution in [0.2, 0.25) is 0 Å². The first kappa shape index (κ1) is 18.1. The minimum absolute atomic E-state index is 0.598. The average Bonchev–Trinajstić information content (AvgIpc) is 2.41. The predicted octanol–water partition coefficient (Wildman–Crippen LogP) is 3.13. The van der Waals surface area contributed by atoms with Gasteiger partial charge in [-0.15, -0.1) is 6.58 Å². The molecule has 1 rings (SSSR count). The highest BCUT2D eigenvalue weighted by Crippen LogP contribution is 2.10. The van der Waals surface area contributed by atoms with E-state index in [9.17, 15) is 0 Å². The molecule has 0 saturated carbocycles. The van der Waals surface area contributed by atoms with Gasteiger partial charge in [-0.3, -0.25) is 0 Å². The lowest BCUT2D eigenvalue weighted by molar-refractivity contribution is 0.0859. The molecule has 0 N–H and O–H groups in total. The summed E-state index contributed by atoms with van der Waals surface area (Å²) in [5.74, 6) is 0. The Labute approximate surface area is 118 Å². The molecule has 0 aliphatic heterocycles. The number of allylic oxidation sites excluding steroid dienone is 1. The fourth-order valence-corrected chi connectivity index (χ4v) is 4.08. The third kappa shape index (κ3) is 6.16. The molecule has 108 valence electrons. The quantitative estimate of drug-likeness (QED) is 0.568. The number of hydrogen-bond donors (Lipinski definition) is 0. The summed E-state index contributed by atoms with van der Waals surface area (Å²) in [6, 6.07) is 9.95. The monoisotopic (exact) mass is 282 g/mol. The lowest BCUT2D eigenvalue weighted by Crippen LogP contribution is -2.56. The van der Waals surface area contributed by atoms with Crippen LogP contribution in [0.15, 0.2) is 43.0 Å². The van der Waals surface area contributed by atoms with Gasteiger partial charge >= 0.3 is 8.80 Å². The Morgan fingerprint density at radius 1 is 0.947 bits per heavy atom. The van der Waals surface area contributed by atoms with Crippen LogP contribution in [0.1, 0.15) is 27.7 Å². The van der Waals surface area contributed by atoms with Crippen molar-refractivity contribution < 1.29 is 13.3 Å². The molecule has 0 bridgehead atoms. The third-order valence-corrected chi connectivity index (χ3v) is 5.18. The van der Waals surface area contributed by atoms with Crippen LogP contribution in [0.4, 0.5) is 0 Å². The average molecular weight is 282 g/mol. The van der Waals surface area contributed by atoms with Gasteiger partial charge in [0.1, 0.15) is 0 Å². The van der Waals surface area contributed by atoms with E-state index in [-0.39, 0.29) is 0 Å². The van der Waals surface area contributed by atoms with E-state index in [0.717, 1.165) is 5.19 Å². The Hall–Kier alpha value is -0.943. The third-order valence-electron chi connectivity index (χ3n) is 2.13. The van der Waals surface area contributed by atoms with Crippen LogP contribution in [0.3, 0.4) is 0 Å². The van der Waals surface area contributed by atoms with Gasteiger partial charge < -0.3 is 13.3 Å². The molecule has 19 heavy (non-hydrogen) atoms. The van der Waals surface area contributed by atoms with Crippen LogP contribution >= 0.6 is 0 Å². The SMILES string of the molecule is C=CC.CCO[Si](OCC)(OCC)c1ccccc1. The summed E-state index contributed by atoms with van der Waals surface area (Å²) in [5, 5.41) is 1.03. The molecule has 0 spiro atoms. The van der Waals surface area contributed by atoms with Crippen LogP contribution < -0.4 is 5.19 Å². The van der Waals surface area contributed by atoms with E-state index in [1.54, 1.807) is 6.08 Å². The molecule has 0 radical (unpaired) electrons. The van der Waals surface area contributed by atoms with E-state index in [2.05, 4.69) is 6.58 Å². The van der Waals surface area contributed by atoms with Crippen LogP contribution in [-0.4, -0.2) is 28.6 Å². The van der Waals surface area contributed by atoms with Gasteiger partial charge in [0.15, 0.2) is 0 Å². The first-order valence-corrected chi connectivity index (χ1v) is 8.47. The fourth-order valence-electron chi connectivity index (χ4n) is 1.59. The predicted molar refractivity (Wildman–Crippen MR) is 82.6 cm³/mol. The summed E-state index contributed by atoms with van der Waals surface area (Å²) in [7, 11) is -2.67. The molecule has 1 aromatic rings. The smallest absolute Gasteiger partial charge is 0.370 e. The largest absolute Gasteiger partial charge is 0.537 e. The zero-order valence-electron chi connectivity index (χ0n) is 12.5. The van der Waals surface area contributed by atoms with Gasteiger partial charge in [-0.2, -0.15) is 0 Å². The van der Waals surface area contributed by atoms with Crippen molar-refractivity contribution in [1.29, 1.82) is 0 Å². The van der Waals surface area contributed by atoms with E-state index < -0.39 is 8.80 Å². The van der Waals surface area contributed by atoms with E-state index in [1.807, 2.05) is 58.0 Å². The van der Waals surface area contributed by atoms with Crippen LogP contribution in [0, 0.1) is 0 Å². The Balaban J connectivity index is 0.000000982. The Morgan fingerprint density at radius 2 is 1.32 bits per heavy atom. The second-order valence-electron chi connectivity index (χ2n) is 3.63. The van der Waals surface area contributed by atoms with Crippen molar-refractivity contribution >= 4 is 14.0 Å². The molecule has 0 atom stereocenters.